The highest BCUT2D eigenvalue weighted by atomic mass is 15.2. The molecule has 2 heterocycles. The summed E-state index contributed by atoms with van der Waals surface area (Å²) < 4.78 is 0. The molecule has 0 bridgehead atoms. The third-order valence-electron chi connectivity index (χ3n) is 13.0. The number of aromatic nitrogens is 2. The standard InChI is InChI=1S/C58H41N3/c1-3-15-48-40(11-1)13-9-19-50(48)55-37-54(59-58(60-55)53-20-10-14-41-12-2-4-16-49(41)53)42-25-23-38(24-26-42)43-27-29-46-36-44(28-30-45(46)35-43)39-31-33-47(34-32-39)61-56-21-7-5-17-51(56)52-18-6-8-22-57(52)61/h1-35,37,44,51,56H,36H2. The van der Waals surface area contributed by atoms with Crippen LogP contribution in [-0.2, 0) is 6.42 Å². The number of rotatable bonds is 6. The molecule has 0 spiro atoms. The van der Waals surface area contributed by atoms with Gasteiger partial charge in [0.1, 0.15) is 0 Å². The summed E-state index contributed by atoms with van der Waals surface area (Å²) in [7, 11) is 0. The summed E-state index contributed by atoms with van der Waals surface area (Å²) in [4.78, 5) is 13.0. The summed E-state index contributed by atoms with van der Waals surface area (Å²) in [5.74, 6) is 1.46. The van der Waals surface area contributed by atoms with E-state index < -0.39 is 0 Å². The van der Waals surface area contributed by atoms with Crippen LogP contribution in [0.4, 0.5) is 11.4 Å². The second kappa shape index (κ2) is 14.6. The van der Waals surface area contributed by atoms with E-state index in [0.29, 0.717) is 17.9 Å². The number of anilines is 2. The van der Waals surface area contributed by atoms with Crippen molar-refractivity contribution in [3.05, 3.63) is 235 Å². The van der Waals surface area contributed by atoms with E-state index in [-0.39, 0.29) is 0 Å². The summed E-state index contributed by atoms with van der Waals surface area (Å²) in [6, 6.07) is 66.2. The van der Waals surface area contributed by atoms with Crippen LogP contribution in [0.2, 0.25) is 0 Å². The zero-order valence-corrected chi connectivity index (χ0v) is 33.6. The van der Waals surface area contributed by atoms with Gasteiger partial charge in [0, 0.05) is 39.9 Å². The molecule has 1 aliphatic heterocycles. The van der Waals surface area contributed by atoms with Gasteiger partial charge < -0.3 is 4.90 Å². The van der Waals surface area contributed by atoms with E-state index >= 15 is 0 Å². The van der Waals surface area contributed by atoms with Gasteiger partial charge in [-0.1, -0.05) is 188 Å². The number of fused-ring (bicyclic) bond motifs is 6. The van der Waals surface area contributed by atoms with Crippen molar-refractivity contribution in [2.24, 2.45) is 0 Å². The van der Waals surface area contributed by atoms with E-state index in [9.17, 15) is 0 Å². The highest BCUT2D eigenvalue weighted by Gasteiger charge is 2.37. The Hall–Kier alpha value is -7.62. The first-order valence-electron chi connectivity index (χ1n) is 21.3. The molecule has 0 fully saturated rings. The average molecular weight is 780 g/mol. The number of hydrogen-bond donors (Lipinski definition) is 0. The Morgan fingerprint density at radius 2 is 1.15 bits per heavy atom. The average Bonchev–Trinajstić information content (AvgIpc) is 3.67. The highest BCUT2D eigenvalue weighted by Crippen LogP contribution is 2.48. The first-order valence-corrected chi connectivity index (χ1v) is 21.3. The van der Waals surface area contributed by atoms with Gasteiger partial charge in [-0.2, -0.15) is 0 Å². The van der Waals surface area contributed by atoms with Crippen molar-refractivity contribution in [3.8, 4) is 45.0 Å². The van der Waals surface area contributed by atoms with E-state index in [1.54, 1.807) is 0 Å². The molecule has 2 aliphatic carbocycles. The van der Waals surface area contributed by atoms with Crippen molar-refractivity contribution in [2.75, 3.05) is 4.90 Å². The molecule has 12 rings (SSSR count). The minimum Gasteiger partial charge on any atom is -0.333 e. The van der Waals surface area contributed by atoms with Gasteiger partial charge in [-0.15, -0.1) is 0 Å². The van der Waals surface area contributed by atoms with E-state index in [1.807, 2.05) is 0 Å². The van der Waals surface area contributed by atoms with Crippen LogP contribution in [0.25, 0.3) is 72.7 Å². The summed E-state index contributed by atoms with van der Waals surface area (Å²) in [6.45, 7) is 0. The van der Waals surface area contributed by atoms with E-state index in [2.05, 4.69) is 223 Å². The normalized spacial score (nSPS) is 17.4. The molecule has 0 saturated carbocycles. The lowest BCUT2D eigenvalue weighted by molar-refractivity contribution is 0.744. The monoisotopic (exact) mass is 779 g/mol. The number of para-hydroxylation sites is 1. The first-order chi connectivity index (χ1) is 30.2. The van der Waals surface area contributed by atoms with Gasteiger partial charge in [-0.3, -0.25) is 0 Å². The number of nitrogens with zero attached hydrogens (tertiary/aromatic N) is 3. The Labute approximate surface area is 356 Å². The fourth-order valence-corrected chi connectivity index (χ4v) is 9.90. The molecular weight excluding hydrogens is 739 g/mol. The lowest BCUT2D eigenvalue weighted by Gasteiger charge is -2.29. The van der Waals surface area contributed by atoms with Crippen molar-refractivity contribution in [3.63, 3.8) is 0 Å². The van der Waals surface area contributed by atoms with E-state index in [1.165, 1.54) is 60.9 Å². The fraction of sp³-hybridized carbons (Fsp3) is 0.0690. The van der Waals surface area contributed by atoms with Crippen molar-refractivity contribution in [1.82, 2.24) is 9.97 Å². The maximum Gasteiger partial charge on any atom is 0.161 e. The highest BCUT2D eigenvalue weighted by molar-refractivity contribution is 5.98. The summed E-state index contributed by atoms with van der Waals surface area (Å²) >= 11 is 0. The van der Waals surface area contributed by atoms with Crippen LogP contribution in [0.5, 0.6) is 0 Å². The minimum atomic E-state index is 0.314. The Morgan fingerprint density at radius 3 is 1.97 bits per heavy atom. The Morgan fingerprint density at radius 1 is 0.492 bits per heavy atom. The molecule has 0 amide bonds. The molecule has 3 aliphatic rings. The van der Waals surface area contributed by atoms with Crippen LogP contribution in [0.15, 0.2) is 212 Å². The Kier molecular flexibility index (Phi) is 8.45. The molecule has 3 heteroatoms. The van der Waals surface area contributed by atoms with Crippen molar-refractivity contribution in [2.45, 2.75) is 24.3 Å². The quantitative estimate of drug-likeness (QED) is 0.168. The lowest BCUT2D eigenvalue weighted by atomic mass is 9.84. The lowest BCUT2D eigenvalue weighted by Crippen LogP contribution is -2.28. The molecular formula is C58H41N3. The van der Waals surface area contributed by atoms with Crippen molar-refractivity contribution < 1.29 is 0 Å². The molecule has 0 saturated heterocycles. The second-order valence-corrected chi connectivity index (χ2v) is 16.5. The largest absolute Gasteiger partial charge is 0.333 e. The summed E-state index contributed by atoms with van der Waals surface area (Å²) in [6.07, 6.45) is 14.7. The molecule has 288 valence electrons. The van der Waals surface area contributed by atoms with Crippen molar-refractivity contribution >= 4 is 39.0 Å². The summed E-state index contributed by atoms with van der Waals surface area (Å²) in [5, 5.41) is 4.69. The predicted octanol–water partition coefficient (Wildman–Crippen LogP) is 14.5. The molecule has 61 heavy (non-hydrogen) atoms. The zero-order valence-electron chi connectivity index (χ0n) is 33.6. The number of benzene rings is 8. The maximum absolute atomic E-state index is 5.25. The molecule has 3 atom stereocenters. The SMILES string of the molecule is C1=CC2c3ccccc3N(c3ccc(C4C=Cc5cc(-c6ccc(-c7cc(-c8cccc9ccccc89)nc(-c8cccc9ccccc89)n7)cc6)ccc5C4)cc3)C2C=C1. The molecule has 9 aromatic rings. The minimum absolute atomic E-state index is 0.314. The van der Waals surface area contributed by atoms with Crippen LogP contribution in [0.3, 0.4) is 0 Å². The van der Waals surface area contributed by atoms with Crippen LogP contribution in [-0.4, -0.2) is 16.0 Å². The third kappa shape index (κ3) is 6.20. The van der Waals surface area contributed by atoms with Gasteiger partial charge in [-0.05, 0) is 91.7 Å². The zero-order chi connectivity index (χ0) is 40.3. The first kappa shape index (κ1) is 35.3. The maximum atomic E-state index is 5.25. The third-order valence-corrected chi connectivity index (χ3v) is 13.0. The van der Waals surface area contributed by atoms with Crippen LogP contribution >= 0.6 is 0 Å². The van der Waals surface area contributed by atoms with Gasteiger partial charge >= 0.3 is 0 Å². The van der Waals surface area contributed by atoms with Crippen LogP contribution in [0, 0.1) is 0 Å². The number of allylic oxidation sites excluding steroid dienone is 3. The Balaban J connectivity index is 0.826. The summed E-state index contributed by atoms with van der Waals surface area (Å²) in [5.41, 5.74) is 15.4. The van der Waals surface area contributed by atoms with E-state index in [0.717, 1.165) is 45.7 Å². The fourth-order valence-electron chi connectivity index (χ4n) is 9.90. The van der Waals surface area contributed by atoms with Gasteiger partial charge in [0.05, 0.1) is 17.4 Å². The molecule has 0 radical (unpaired) electrons. The topological polar surface area (TPSA) is 29.0 Å². The molecule has 8 aromatic carbocycles. The van der Waals surface area contributed by atoms with E-state index in [4.69, 9.17) is 9.97 Å². The second-order valence-electron chi connectivity index (χ2n) is 16.5. The van der Waals surface area contributed by atoms with Crippen LogP contribution < -0.4 is 4.90 Å². The van der Waals surface area contributed by atoms with Gasteiger partial charge in [0.15, 0.2) is 5.82 Å². The predicted molar refractivity (Wildman–Crippen MR) is 254 cm³/mol. The smallest absolute Gasteiger partial charge is 0.161 e. The molecule has 1 aromatic heterocycles. The van der Waals surface area contributed by atoms with Gasteiger partial charge in [0.25, 0.3) is 0 Å². The Bertz CT molecular complexity index is 3140. The molecule has 3 nitrogen and oxygen atoms in total. The van der Waals surface area contributed by atoms with Crippen LogP contribution in [0.1, 0.15) is 34.1 Å². The molecule has 0 N–H and O–H groups in total. The van der Waals surface area contributed by atoms with Crippen molar-refractivity contribution in [1.29, 1.82) is 0 Å². The number of hydrogen-bond acceptors (Lipinski definition) is 3. The van der Waals surface area contributed by atoms with Gasteiger partial charge in [-0.25, -0.2) is 9.97 Å². The van der Waals surface area contributed by atoms with Gasteiger partial charge in [0.2, 0.25) is 0 Å². The molecule has 3 unspecified atom stereocenters.